The highest BCUT2D eigenvalue weighted by atomic mass is 79.9. The molecule has 1 aromatic heterocycles. The number of aryl methyl sites for hydroxylation is 1. The zero-order valence-electron chi connectivity index (χ0n) is 18.6. The van der Waals surface area contributed by atoms with Crippen molar-refractivity contribution in [2.24, 2.45) is 0 Å². The van der Waals surface area contributed by atoms with Crippen LogP contribution < -0.4 is 16.1 Å². The fraction of sp³-hybridized carbons (Fsp3) is 0.0800. The molecule has 3 N–H and O–H groups in total. The van der Waals surface area contributed by atoms with Gasteiger partial charge in [-0.3, -0.25) is 19.8 Å². The van der Waals surface area contributed by atoms with E-state index in [0.29, 0.717) is 21.6 Å². The number of benzene rings is 3. The van der Waals surface area contributed by atoms with Gasteiger partial charge in [0.1, 0.15) is 5.69 Å². The van der Waals surface area contributed by atoms with E-state index < -0.39 is 17.7 Å². The van der Waals surface area contributed by atoms with Crippen LogP contribution in [0.25, 0.3) is 10.9 Å². The summed E-state index contributed by atoms with van der Waals surface area (Å²) in [5.41, 5.74) is 6.02. The maximum atomic E-state index is 13.2. The number of nitrogens with one attached hydrogen (secondary N) is 3. The third-order valence-electron chi connectivity index (χ3n) is 5.45. The Kier molecular flexibility index (Phi) is 7.16. The van der Waals surface area contributed by atoms with Gasteiger partial charge in [0.2, 0.25) is 0 Å². The largest absolute Gasteiger partial charge is 0.328 e. The Hall–Kier alpha value is -3.33. The Morgan fingerprint density at radius 2 is 1.63 bits per heavy atom. The van der Waals surface area contributed by atoms with Crippen LogP contribution in [-0.2, 0) is 9.59 Å². The molecule has 178 valence electrons. The molecule has 3 amide bonds. The van der Waals surface area contributed by atoms with Gasteiger partial charge in [-0.25, -0.2) is 4.68 Å². The number of halogens is 3. The summed E-state index contributed by atoms with van der Waals surface area (Å²) in [7, 11) is 0. The lowest BCUT2D eigenvalue weighted by atomic mass is 10.1. The van der Waals surface area contributed by atoms with E-state index in [0.717, 1.165) is 15.6 Å². The van der Waals surface area contributed by atoms with Crippen molar-refractivity contribution in [1.29, 1.82) is 0 Å². The lowest BCUT2D eigenvalue weighted by molar-refractivity contribution is -0.133. The Morgan fingerprint density at radius 3 is 2.37 bits per heavy atom. The minimum atomic E-state index is -0.989. The van der Waals surface area contributed by atoms with Gasteiger partial charge in [-0.15, -0.1) is 0 Å². The van der Waals surface area contributed by atoms with Crippen molar-refractivity contribution in [3.63, 3.8) is 0 Å². The van der Waals surface area contributed by atoms with Gasteiger partial charge >= 0.3 is 11.8 Å². The summed E-state index contributed by atoms with van der Waals surface area (Å²) < 4.78 is 2.08. The van der Waals surface area contributed by atoms with Crippen LogP contribution in [-0.4, -0.2) is 22.4 Å². The fourth-order valence-electron chi connectivity index (χ4n) is 3.47. The molecular weight excluding hydrogens is 555 g/mol. The van der Waals surface area contributed by atoms with E-state index in [1.54, 1.807) is 30.3 Å². The number of aromatic nitrogens is 1. The first-order valence-corrected chi connectivity index (χ1v) is 11.9. The Balaban J connectivity index is 1.65. The summed E-state index contributed by atoms with van der Waals surface area (Å²) >= 11 is 15.4. The highest BCUT2D eigenvalue weighted by Crippen LogP contribution is 2.26. The van der Waals surface area contributed by atoms with Crippen molar-refractivity contribution < 1.29 is 14.4 Å². The number of carbonyl (C=O) groups excluding carboxylic acids is 3. The van der Waals surface area contributed by atoms with Crippen LogP contribution in [0, 0.1) is 13.8 Å². The molecule has 0 aliphatic carbocycles. The first-order valence-electron chi connectivity index (χ1n) is 10.4. The van der Waals surface area contributed by atoms with Gasteiger partial charge in [0.25, 0.3) is 5.91 Å². The Bertz CT molecular complexity index is 1500. The van der Waals surface area contributed by atoms with E-state index >= 15 is 0 Å². The molecule has 3 aromatic carbocycles. The molecule has 0 saturated heterocycles. The molecule has 10 heteroatoms. The topological polar surface area (TPSA) is 92.2 Å². The lowest BCUT2D eigenvalue weighted by Crippen LogP contribution is -2.36. The molecule has 0 saturated carbocycles. The highest BCUT2D eigenvalue weighted by molar-refractivity contribution is 9.10. The third-order valence-corrected chi connectivity index (χ3v) is 6.49. The van der Waals surface area contributed by atoms with Crippen molar-refractivity contribution in [3.8, 4) is 0 Å². The van der Waals surface area contributed by atoms with Crippen molar-refractivity contribution in [1.82, 2.24) is 4.68 Å². The average molecular weight is 574 g/mol. The predicted molar refractivity (Wildman–Crippen MR) is 143 cm³/mol. The number of nitrogens with zero attached hydrogens (tertiary/aromatic N) is 1. The SMILES string of the molecule is Cc1cccc(NC(=O)c2cc3cc(Br)ccc3n2NC(=O)C(=O)Nc2ccc(Cl)cc2Cl)c1C. The molecule has 0 unspecified atom stereocenters. The Labute approximate surface area is 219 Å². The molecule has 0 fully saturated rings. The molecule has 0 radical (unpaired) electrons. The molecule has 4 aromatic rings. The highest BCUT2D eigenvalue weighted by Gasteiger charge is 2.22. The van der Waals surface area contributed by atoms with E-state index in [2.05, 4.69) is 32.0 Å². The van der Waals surface area contributed by atoms with Gasteiger partial charge in [0.15, 0.2) is 0 Å². The van der Waals surface area contributed by atoms with Gasteiger partial charge in [0, 0.05) is 20.6 Å². The van der Waals surface area contributed by atoms with Crippen LogP contribution in [0.3, 0.4) is 0 Å². The minimum Gasteiger partial charge on any atom is -0.320 e. The summed E-state index contributed by atoms with van der Waals surface area (Å²) in [5.74, 6) is -2.40. The molecule has 1 heterocycles. The zero-order chi connectivity index (χ0) is 25.3. The van der Waals surface area contributed by atoms with E-state index in [9.17, 15) is 14.4 Å². The van der Waals surface area contributed by atoms with Gasteiger partial charge in [0.05, 0.1) is 16.2 Å². The number of fused-ring (bicyclic) bond motifs is 1. The van der Waals surface area contributed by atoms with Gasteiger partial charge in [-0.2, -0.15) is 0 Å². The first-order chi connectivity index (χ1) is 16.6. The van der Waals surface area contributed by atoms with Crippen LogP contribution in [0.15, 0.2) is 65.1 Å². The summed E-state index contributed by atoms with van der Waals surface area (Å²) in [4.78, 5) is 38.6. The van der Waals surface area contributed by atoms with Crippen molar-refractivity contribution in [3.05, 3.63) is 92.0 Å². The quantitative estimate of drug-likeness (QED) is 0.251. The predicted octanol–water partition coefficient (Wildman–Crippen LogP) is 6.29. The summed E-state index contributed by atoms with van der Waals surface area (Å²) in [6.45, 7) is 3.86. The molecule has 4 rings (SSSR count). The number of amides is 3. The number of hydrogen-bond donors (Lipinski definition) is 3. The van der Waals surface area contributed by atoms with Gasteiger partial charge in [-0.05, 0) is 73.5 Å². The number of carbonyl (C=O) groups is 3. The summed E-state index contributed by atoms with van der Waals surface area (Å²) in [6.07, 6.45) is 0. The van der Waals surface area contributed by atoms with Crippen LogP contribution >= 0.6 is 39.1 Å². The average Bonchev–Trinajstić information content (AvgIpc) is 3.16. The second-order valence-corrected chi connectivity index (χ2v) is 9.55. The first kappa shape index (κ1) is 24.8. The van der Waals surface area contributed by atoms with E-state index in [1.165, 1.54) is 22.9 Å². The van der Waals surface area contributed by atoms with Gasteiger partial charge in [-0.1, -0.05) is 51.3 Å². The lowest BCUT2D eigenvalue weighted by Gasteiger charge is -2.14. The van der Waals surface area contributed by atoms with E-state index in [-0.39, 0.29) is 16.4 Å². The normalized spacial score (nSPS) is 10.8. The molecule has 0 spiro atoms. The minimum absolute atomic E-state index is 0.143. The molecule has 7 nitrogen and oxygen atoms in total. The van der Waals surface area contributed by atoms with Gasteiger partial charge < -0.3 is 10.6 Å². The maximum absolute atomic E-state index is 13.2. The summed E-state index contributed by atoms with van der Waals surface area (Å²) in [5, 5.41) is 6.59. The Morgan fingerprint density at radius 1 is 0.857 bits per heavy atom. The molecule has 0 aliphatic heterocycles. The van der Waals surface area contributed by atoms with Crippen molar-refractivity contribution in [2.75, 3.05) is 16.1 Å². The molecule has 0 bridgehead atoms. The number of hydrogen-bond acceptors (Lipinski definition) is 3. The fourth-order valence-corrected chi connectivity index (χ4v) is 4.30. The zero-order valence-corrected chi connectivity index (χ0v) is 21.7. The number of rotatable bonds is 4. The summed E-state index contributed by atoms with van der Waals surface area (Å²) in [6, 6.07) is 17.0. The molecule has 35 heavy (non-hydrogen) atoms. The molecule has 0 aliphatic rings. The van der Waals surface area contributed by atoms with Crippen LogP contribution in [0.5, 0.6) is 0 Å². The van der Waals surface area contributed by atoms with E-state index in [1.807, 2.05) is 26.0 Å². The molecule has 0 atom stereocenters. The van der Waals surface area contributed by atoms with Crippen LogP contribution in [0.4, 0.5) is 11.4 Å². The second kappa shape index (κ2) is 10.1. The van der Waals surface area contributed by atoms with Crippen molar-refractivity contribution in [2.45, 2.75) is 13.8 Å². The maximum Gasteiger partial charge on any atom is 0.328 e. The molecular formula is C25H19BrCl2N4O3. The standard InChI is InChI=1S/C25H19BrCl2N4O3/c1-13-4-3-5-19(14(13)2)29-23(33)22-11-15-10-16(26)6-9-21(15)32(22)31-25(35)24(34)30-20-8-7-17(27)12-18(20)28/h3-12H,1-2H3,(H,29,33)(H,30,34)(H,31,35). The smallest absolute Gasteiger partial charge is 0.320 e. The monoisotopic (exact) mass is 572 g/mol. The van der Waals surface area contributed by atoms with Crippen molar-refractivity contribution >= 4 is 79.1 Å². The number of anilines is 2. The van der Waals surface area contributed by atoms with Crippen LogP contribution in [0.2, 0.25) is 10.0 Å². The third kappa shape index (κ3) is 5.35. The van der Waals surface area contributed by atoms with Crippen LogP contribution in [0.1, 0.15) is 21.6 Å². The van der Waals surface area contributed by atoms with E-state index in [4.69, 9.17) is 23.2 Å². The second-order valence-electron chi connectivity index (χ2n) is 7.79.